The molecule has 4 nitrogen and oxygen atoms in total. The Labute approximate surface area is 127 Å². The maximum Gasteiger partial charge on any atom is 0.242 e. The van der Waals surface area contributed by atoms with E-state index >= 15 is 0 Å². The van der Waals surface area contributed by atoms with Gasteiger partial charge in [-0.2, -0.15) is 0 Å². The minimum Gasteiger partial charge on any atom is -0.398 e. The van der Waals surface area contributed by atoms with Crippen LogP contribution in [0.1, 0.15) is 15.3 Å². The fourth-order valence-electron chi connectivity index (χ4n) is 1.74. The van der Waals surface area contributed by atoms with E-state index in [0.29, 0.717) is 5.02 Å². The van der Waals surface area contributed by atoms with Crippen molar-refractivity contribution in [2.45, 2.75) is 25.3 Å². The maximum atomic E-state index is 12.2. The lowest BCUT2D eigenvalue weighted by atomic mass is 10.3. The number of aryl methyl sites for hydroxylation is 2. The predicted octanol–water partition coefficient (Wildman–Crippen LogP) is 3.08. The first-order valence-corrected chi connectivity index (χ1v) is 8.58. The van der Waals surface area contributed by atoms with Gasteiger partial charge in [0.2, 0.25) is 10.0 Å². The Balaban J connectivity index is 2.19. The second kappa shape index (κ2) is 5.73. The molecule has 2 rings (SSSR count). The second-order valence-electron chi connectivity index (χ2n) is 4.46. The third kappa shape index (κ3) is 3.32. The lowest BCUT2D eigenvalue weighted by molar-refractivity contribution is 0.582. The van der Waals surface area contributed by atoms with Crippen LogP contribution in [-0.2, 0) is 16.6 Å². The Bertz CT molecular complexity index is 719. The summed E-state index contributed by atoms with van der Waals surface area (Å²) in [7, 11) is -3.64. The summed E-state index contributed by atoms with van der Waals surface area (Å²) in [5, 5.41) is 0.408. The highest BCUT2D eigenvalue weighted by atomic mass is 35.5. The summed E-state index contributed by atoms with van der Waals surface area (Å²) in [6.45, 7) is 4.26. The van der Waals surface area contributed by atoms with Gasteiger partial charge < -0.3 is 5.73 Å². The maximum absolute atomic E-state index is 12.2. The Kier molecular flexibility index (Phi) is 4.39. The first-order valence-electron chi connectivity index (χ1n) is 5.90. The molecule has 0 aliphatic rings. The third-order valence-electron chi connectivity index (χ3n) is 2.91. The zero-order valence-electron chi connectivity index (χ0n) is 11.1. The number of anilines is 1. The Morgan fingerprint density at radius 2 is 2.00 bits per heavy atom. The van der Waals surface area contributed by atoms with Crippen molar-refractivity contribution in [1.29, 1.82) is 0 Å². The van der Waals surface area contributed by atoms with Gasteiger partial charge in [-0.15, -0.1) is 11.3 Å². The largest absolute Gasteiger partial charge is 0.398 e. The molecule has 0 radical (unpaired) electrons. The Hall–Kier alpha value is -1.08. The van der Waals surface area contributed by atoms with Crippen molar-refractivity contribution in [3.05, 3.63) is 44.6 Å². The van der Waals surface area contributed by atoms with E-state index in [1.54, 1.807) is 11.3 Å². The molecule has 0 spiro atoms. The first-order chi connectivity index (χ1) is 9.29. The minimum atomic E-state index is -3.64. The number of nitrogen functional groups attached to an aromatic ring is 1. The molecule has 0 fully saturated rings. The monoisotopic (exact) mass is 330 g/mol. The van der Waals surface area contributed by atoms with Gasteiger partial charge in [0.25, 0.3) is 0 Å². The lowest BCUT2D eigenvalue weighted by Crippen LogP contribution is -2.23. The van der Waals surface area contributed by atoms with Crippen LogP contribution in [0, 0.1) is 13.8 Å². The average molecular weight is 331 g/mol. The van der Waals surface area contributed by atoms with Gasteiger partial charge in [0, 0.05) is 21.3 Å². The number of hydrogen-bond acceptors (Lipinski definition) is 4. The van der Waals surface area contributed by atoms with Crippen molar-refractivity contribution in [1.82, 2.24) is 4.72 Å². The summed E-state index contributed by atoms with van der Waals surface area (Å²) in [6.07, 6.45) is 0. The number of benzene rings is 1. The van der Waals surface area contributed by atoms with Crippen molar-refractivity contribution >= 4 is 38.6 Å². The molecule has 0 saturated heterocycles. The quantitative estimate of drug-likeness (QED) is 0.846. The van der Waals surface area contributed by atoms with Crippen molar-refractivity contribution in [3.63, 3.8) is 0 Å². The summed E-state index contributed by atoms with van der Waals surface area (Å²) >= 11 is 7.34. The minimum absolute atomic E-state index is 0.0481. The molecule has 0 aliphatic heterocycles. The van der Waals surface area contributed by atoms with Crippen LogP contribution in [0.2, 0.25) is 5.02 Å². The summed E-state index contributed by atoms with van der Waals surface area (Å²) in [5.41, 5.74) is 7.01. The molecular formula is C13H15ClN2O2S2. The number of thiophene rings is 1. The highest BCUT2D eigenvalue weighted by molar-refractivity contribution is 7.89. The number of nitrogens with two attached hydrogens (primary N) is 1. The summed E-state index contributed by atoms with van der Waals surface area (Å²) in [6, 6.07) is 6.32. The molecule has 0 unspecified atom stereocenters. The van der Waals surface area contributed by atoms with E-state index in [1.165, 1.54) is 23.1 Å². The molecule has 2 aromatic rings. The molecule has 1 aromatic carbocycles. The van der Waals surface area contributed by atoms with Crippen LogP contribution in [0.3, 0.4) is 0 Å². The van der Waals surface area contributed by atoms with E-state index in [-0.39, 0.29) is 17.1 Å². The number of sulfonamides is 1. The predicted molar refractivity (Wildman–Crippen MR) is 83.7 cm³/mol. The van der Waals surface area contributed by atoms with Crippen molar-refractivity contribution in [2.24, 2.45) is 0 Å². The van der Waals surface area contributed by atoms with Crippen molar-refractivity contribution < 1.29 is 8.42 Å². The lowest BCUT2D eigenvalue weighted by Gasteiger charge is -2.08. The van der Waals surface area contributed by atoms with Crippen LogP contribution in [0.25, 0.3) is 0 Å². The van der Waals surface area contributed by atoms with Gasteiger partial charge in [0.05, 0.1) is 5.69 Å². The van der Waals surface area contributed by atoms with Crippen LogP contribution in [0.4, 0.5) is 5.69 Å². The highest BCUT2D eigenvalue weighted by Crippen LogP contribution is 2.24. The zero-order valence-corrected chi connectivity index (χ0v) is 13.5. The van der Waals surface area contributed by atoms with Gasteiger partial charge in [-0.05, 0) is 43.7 Å². The molecule has 0 aliphatic carbocycles. The highest BCUT2D eigenvalue weighted by Gasteiger charge is 2.17. The van der Waals surface area contributed by atoms with E-state index in [0.717, 1.165) is 10.4 Å². The third-order valence-corrected chi connectivity index (χ3v) is 5.78. The molecule has 0 bridgehead atoms. The van der Waals surface area contributed by atoms with Crippen molar-refractivity contribution in [2.75, 3.05) is 5.73 Å². The smallest absolute Gasteiger partial charge is 0.242 e. The van der Waals surface area contributed by atoms with E-state index in [4.69, 9.17) is 17.3 Å². The summed E-state index contributed by atoms with van der Waals surface area (Å²) in [4.78, 5) is 2.20. The van der Waals surface area contributed by atoms with Crippen molar-refractivity contribution in [3.8, 4) is 0 Å². The molecule has 3 N–H and O–H groups in total. The Morgan fingerprint density at radius 3 is 2.55 bits per heavy atom. The molecule has 0 atom stereocenters. The molecule has 0 saturated carbocycles. The number of nitrogens with one attached hydrogen (secondary N) is 1. The van der Waals surface area contributed by atoms with Crippen LogP contribution < -0.4 is 10.5 Å². The molecule has 1 aromatic heterocycles. The molecule has 108 valence electrons. The van der Waals surface area contributed by atoms with Crippen LogP contribution in [0.15, 0.2) is 29.2 Å². The van der Waals surface area contributed by atoms with Gasteiger partial charge in [-0.3, -0.25) is 0 Å². The molecule has 0 amide bonds. The molecule has 20 heavy (non-hydrogen) atoms. The number of halogens is 1. The normalized spacial score (nSPS) is 11.8. The van der Waals surface area contributed by atoms with E-state index in [9.17, 15) is 8.42 Å². The molecular weight excluding hydrogens is 316 g/mol. The Morgan fingerprint density at radius 1 is 1.30 bits per heavy atom. The SMILES string of the molecule is Cc1cc(CNS(=O)(=O)c2ccc(Cl)cc2N)sc1C. The standard InChI is InChI=1S/C13H15ClN2O2S2/c1-8-5-11(19-9(8)2)7-16-20(17,18)13-4-3-10(14)6-12(13)15/h3-6,16H,7,15H2,1-2H3. The van der Waals surface area contributed by atoms with Gasteiger partial charge in [0.1, 0.15) is 4.90 Å². The fraction of sp³-hybridized carbons (Fsp3) is 0.231. The van der Waals surface area contributed by atoms with Crippen LogP contribution in [0.5, 0.6) is 0 Å². The molecule has 7 heteroatoms. The van der Waals surface area contributed by atoms with Crippen LogP contribution in [-0.4, -0.2) is 8.42 Å². The molecule has 1 heterocycles. The van der Waals surface area contributed by atoms with E-state index < -0.39 is 10.0 Å². The van der Waals surface area contributed by atoms with Crippen LogP contribution >= 0.6 is 22.9 Å². The number of hydrogen-bond donors (Lipinski definition) is 2. The van der Waals surface area contributed by atoms with Gasteiger partial charge >= 0.3 is 0 Å². The van der Waals surface area contributed by atoms with Gasteiger partial charge in [0.15, 0.2) is 0 Å². The van der Waals surface area contributed by atoms with Gasteiger partial charge in [-0.25, -0.2) is 13.1 Å². The average Bonchev–Trinajstić information content (AvgIpc) is 2.66. The van der Waals surface area contributed by atoms with E-state index in [2.05, 4.69) is 4.72 Å². The van der Waals surface area contributed by atoms with E-state index in [1.807, 2.05) is 19.9 Å². The second-order valence-corrected chi connectivity index (χ2v) is 7.97. The fourth-order valence-corrected chi connectivity index (χ4v) is 4.13. The topological polar surface area (TPSA) is 72.2 Å². The summed E-state index contributed by atoms with van der Waals surface area (Å²) < 4.78 is 27.0. The summed E-state index contributed by atoms with van der Waals surface area (Å²) in [5.74, 6) is 0. The zero-order chi connectivity index (χ0) is 14.9. The number of rotatable bonds is 4. The van der Waals surface area contributed by atoms with Gasteiger partial charge in [-0.1, -0.05) is 11.6 Å². The first kappa shape index (κ1) is 15.3.